The van der Waals surface area contributed by atoms with Crippen LogP contribution in [0, 0.1) is 11.7 Å². The molecule has 0 spiro atoms. The third-order valence-electron chi connectivity index (χ3n) is 2.11. The molecule has 0 radical (unpaired) electrons. The quantitative estimate of drug-likeness (QED) is 0.779. The molecule has 0 aromatic heterocycles. The predicted molar refractivity (Wildman–Crippen MR) is 46.7 cm³/mol. The highest BCUT2D eigenvalue weighted by molar-refractivity contribution is 5.18. The van der Waals surface area contributed by atoms with E-state index in [4.69, 9.17) is 5.11 Å². The number of aliphatic hydroxyl groups is 1. The molecule has 0 heterocycles. The van der Waals surface area contributed by atoms with E-state index < -0.39 is 30.9 Å². The van der Waals surface area contributed by atoms with Gasteiger partial charge >= 0.3 is 6.18 Å². The highest BCUT2D eigenvalue weighted by Crippen LogP contribution is 2.29. The van der Waals surface area contributed by atoms with Crippen molar-refractivity contribution in [2.45, 2.75) is 12.6 Å². The highest BCUT2D eigenvalue weighted by atomic mass is 19.4. The Kier molecular flexibility index (Phi) is 3.68. The third-order valence-corrected chi connectivity index (χ3v) is 2.11. The largest absolute Gasteiger partial charge is 0.396 e. The zero-order valence-electron chi connectivity index (χ0n) is 7.76. The molecule has 1 rings (SSSR count). The number of halogens is 4. The van der Waals surface area contributed by atoms with E-state index in [1.807, 2.05) is 0 Å². The van der Waals surface area contributed by atoms with Crippen molar-refractivity contribution >= 4 is 0 Å². The molecule has 15 heavy (non-hydrogen) atoms. The van der Waals surface area contributed by atoms with Crippen LogP contribution in [0.1, 0.15) is 5.56 Å². The van der Waals surface area contributed by atoms with Gasteiger partial charge in [0.1, 0.15) is 5.82 Å². The van der Waals surface area contributed by atoms with Crippen LogP contribution in [0.4, 0.5) is 17.6 Å². The maximum Gasteiger partial charge on any atom is 0.394 e. The minimum Gasteiger partial charge on any atom is -0.396 e. The summed E-state index contributed by atoms with van der Waals surface area (Å²) in [5, 5.41) is 8.57. The van der Waals surface area contributed by atoms with Gasteiger partial charge in [-0.05, 0) is 18.1 Å². The van der Waals surface area contributed by atoms with Gasteiger partial charge in [-0.15, -0.1) is 0 Å². The molecule has 0 fully saturated rings. The van der Waals surface area contributed by atoms with E-state index in [1.54, 1.807) is 0 Å². The van der Waals surface area contributed by atoms with Crippen molar-refractivity contribution < 1.29 is 22.7 Å². The minimum atomic E-state index is -4.50. The van der Waals surface area contributed by atoms with Gasteiger partial charge in [-0.1, -0.05) is 18.2 Å². The molecule has 0 aliphatic carbocycles. The Morgan fingerprint density at radius 2 is 1.80 bits per heavy atom. The van der Waals surface area contributed by atoms with Gasteiger partial charge in [-0.3, -0.25) is 0 Å². The summed E-state index contributed by atoms with van der Waals surface area (Å²) in [7, 11) is 0. The summed E-state index contributed by atoms with van der Waals surface area (Å²) in [5.41, 5.74) is -0.0334. The van der Waals surface area contributed by atoms with Crippen molar-refractivity contribution in [2.75, 3.05) is 6.61 Å². The van der Waals surface area contributed by atoms with Crippen LogP contribution in [0.15, 0.2) is 24.3 Å². The van der Waals surface area contributed by atoms with Crippen molar-refractivity contribution in [1.29, 1.82) is 0 Å². The van der Waals surface area contributed by atoms with Crippen LogP contribution < -0.4 is 0 Å². The van der Waals surface area contributed by atoms with Crippen LogP contribution in [0.5, 0.6) is 0 Å². The van der Waals surface area contributed by atoms with Crippen molar-refractivity contribution in [1.82, 2.24) is 0 Å². The first kappa shape index (κ1) is 12.0. The molecule has 0 bridgehead atoms. The van der Waals surface area contributed by atoms with E-state index >= 15 is 0 Å². The Morgan fingerprint density at radius 3 is 2.27 bits per heavy atom. The molecular formula is C10H10F4O. The lowest BCUT2D eigenvalue weighted by Gasteiger charge is -2.17. The first-order valence-electron chi connectivity index (χ1n) is 4.36. The molecule has 0 saturated carbocycles. The number of rotatable bonds is 3. The van der Waals surface area contributed by atoms with E-state index in [2.05, 4.69) is 0 Å². The van der Waals surface area contributed by atoms with E-state index in [-0.39, 0.29) is 5.56 Å². The smallest absolute Gasteiger partial charge is 0.394 e. The number of aliphatic hydroxyl groups excluding tert-OH is 1. The monoisotopic (exact) mass is 222 g/mol. The van der Waals surface area contributed by atoms with Crippen LogP contribution >= 0.6 is 0 Å². The molecule has 0 saturated heterocycles. The lowest BCUT2D eigenvalue weighted by Crippen LogP contribution is -2.28. The Balaban J connectivity index is 2.80. The Labute approximate surface area is 84.3 Å². The average molecular weight is 222 g/mol. The van der Waals surface area contributed by atoms with Gasteiger partial charge in [0.25, 0.3) is 0 Å². The SMILES string of the molecule is OCC(Cc1ccccc1F)C(F)(F)F. The fourth-order valence-corrected chi connectivity index (χ4v) is 1.21. The first-order valence-corrected chi connectivity index (χ1v) is 4.36. The number of hydrogen-bond donors (Lipinski definition) is 1. The number of hydrogen-bond acceptors (Lipinski definition) is 1. The molecule has 1 atom stereocenters. The third kappa shape index (κ3) is 3.20. The minimum absolute atomic E-state index is 0.0334. The zero-order valence-corrected chi connectivity index (χ0v) is 7.76. The van der Waals surface area contributed by atoms with Gasteiger partial charge < -0.3 is 5.11 Å². The number of benzene rings is 1. The van der Waals surface area contributed by atoms with Crippen LogP contribution in [-0.4, -0.2) is 17.9 Å². The van der Waals surface area contributed by atoms with Crippen molar-refractivity contribution in [2.24, 2.45) is 5.92 Å². The predicted octanol–water partition coefficient (Wildman–Crippen LogP) is 2.54. The Morgan fingerprint density at radius 1 is 1.20 bits per heavy atom. The van der Waals surface area contributed by atoms with E-state index in [1.165, 1.54) is 18.2 Å². The maximum absolute atomic E-state index is 13.0. The van der Waals surface area contributed by atoms with Crippen molar-refractivity contribution in [3.63, 3.8) is 0 Å². The Hall–Kier alpha value is -1.10. The summed E-state index contributed by atoms with van der Waals surface area (Å²) in [6.45, 7) is -1.03. The van der Waals surface area contributed by atoms with Gasteiger partial charge in [0.2, 0.25) is 0 Å². The molecule has 0 amide bonds. The molecular weight excluding hydrogens is 212 g/mol. The normalized spacial score (nSPS) is 13.9. The second kappa shape index (κ2) is 4.61. The molecule has 1 aromatic carbocycles. The first-order chi connectivity index (χ1) is 6.95. The van der Waals surface area contributed by atoms with Gasteiger partial charge in [-0.2, -0.15) is 13.2 Å². The highest BCUT2D eigenvalue weighted by Gasteiger charge is 2.39. The lowest BCUT2D eigenvalue weighted by atomic mass is 9.99. The molecule has 0 aliphatic rings. The molecule has 1 nitrogen and oxygen atoms in total. The van der Waals surface area contributed by atoms with Crippen molar-refractivity contribution in [3.05, 3.63) is 35.6 Å². The van der Waals surface area contributed by atoms with E-state index in [0.29, 0.717) is 0 Å². The van der Waals surface area contributed by atoms with Crippen molar-refractivity contribution in [3.8, 4) is 0 Å². The van der Waals surface area contributed by atoms with Gasteiger partial charge in [0.05, 0.1) is 12.5 Å². The standard InChI is InChI=1S/C10H10F4O/c11-9-4-2-1-3-7(9)5-8(6-15)10(12,13)14/h1-4,8,15H,5-6H2. The fourth-order valence-electron chi connectivity index (χ4n) is 1.21. The second-order valence-electron chi connectivity index (χ2n) is 3.22. The van der Waals surface area contributed by atoms with E-state index in [0.717, 1.165) is 6.07 Å². The van der Waals surface area contributed by atoms with Gasteiger partial charge in [-0.25, -0.2) is 4.39 Å². The Bertz CT molecular complexity index is 321. The fraction of sp³-hybridized carbons (Fsp3) is 0.400. The molecule has 1 N–H and O–H groups in total. The summed E-state index contributed by atoms with van der Waals surface area (Å²) in [4.78, 5) is 0. The van der Waals surface area contributed by atoms with Gasteiger partial charge in [0, 0.05) is 0 Å². The zero-order chi connectivity index (χ0) is 11.5. The second-order valence-corrected chi connectivity index (χ2v) is 3.22. The average Bonchev–Trinajstić information content (AvgIpc) is 2.14. The summed E-state index contributed by atoms with van der Waals surface area (Å²) in [6, 6.07) is 5.24. The molecule has 5 heteroatoms. The summed E-state index contributed by atoms with van der Waals surface area (Å²) < 4.78 is 49.8. The van der Waals surface area contributed by atoms with Crippen LogP contribution in [0.25, 0.3) is 0 Å². The topological polar surface area (TPSA) is 20.2 Å². The lowest BCUT2D eigenvalue weighted by molar-refractivity contribution is -0.183. The van der Waals surface area contributed by atoms with Crippen LogP contribution in [-0.2, 0) is 6.42 Å². The molecule has 84 valence electrons. The van der Waals surface area contributed by atoms with E-state index in [9.17, 15) is 17.6 Å². The summed E-state index contributed by atoms with van der Waals surface area (Å²) in [5.74, 6) is -2.59. The maximum atomic E-state index is 13.0. The summed E-state index contributed by atoms with van der Waals surface area (Å²) >= 11 is 0. The molecule has 0 aliphatic heterocycles. The summed E-state index contributed by atoms with van der Waals surface area (Å²) in [6.07, 6.45) is -5.04. The molecule has 1 aromatic rings. The number of alkyl halides is 3. The molecule has 1 unspecified atom stereocenters. The van der Waals surface area contributed by atoms with Crippen LogP contribution in [0.3, 0.4) is 0 Å². The van der Waals surface area contributed by atoms with Gasteiger partial charge in [0.15, 0.2) is 0 Å². The van der Waals surface area contributed by atoms with Crippen LogP contribution in [0.2, 0.25) is 0 Å².